The van der Waals surface area contributed by atoms with E-state index in [1.54, 1.807) is 17.6 Å². The number of allylic oxidation sites excluding steroid dienone is 7. The number of hydrogen-bond donors (Lipinski definition) is 0. The molecule has 0 aliphatic carbocycles. The van der Waals surface area contributed by atoms with Crippen LogP contribution in [0.3, 0.4) is 0 Å². The summed E-state index contributed by atoms with van der Waals surface area (Å²) in [6.45, 7) is 12.5. The molecule has 0 bridgehead atoms. The van der Waals surface area contributed by atoms with Crippen LogP contribution >= 0.6 is 0 Å². The number of benzene rings is 1. The maximum absolute atomic E-state index is 13.7. The number of pyridine rings is 2. The normalized spacial score (nSPS) is 17.3. The van der Waals surface area contributed by atoms with Crippen LogP contribution in [0, 0.1) is 0 Å². The molecule has 0 N–H and O–H groups in total. The number of ether oxygens (including phenoxy) is 3. The predicted octanol–water partition coefficient (Wildman–Crippen LogP) is 9.39. The second-order valence-corrected chi connectivity index (χ2v) is 13.5. The molecular formula is C41H48N2O6. The Hall–Kier alpha value is -4.72. The van der Waals surface area contributed by atoms with Crippen molar-refractivity contribution >= 4 is 23.0 Å². The molecule has 0 fully saturated rings. The van der Waals surface area contributed by atoms with E-state index in [9.17, 15) is 14.4 Å². The number of aromatic nitrogens is 2. The molecule has 8 heteroatoms. The summed E-state index contributed by atoms with van der Waals surface area (Å²) >= 11 is 0. The SMILES string of the molecule is CC[C@@]1(OC(=O)OC/C=C(\C)CC/C=C(\C)CC/C=C(\C)CCC=C(C)C)C(=O)OCc2c1cc1n(c2=O)Cc2cc3ccccc3nc2-1. The highest BCUT2D eigenvalue weighted by Gasteiger charge is 2.51. The molecule has 258 valence electrons. The summed E-state index contributed by atoms with van der Waals surface area (Å²) in [4.78, 5) is 44.9. The molecule has 0 unspecified atom stereocenters. The third kappa shape index (κ3) is 8.12. The molecule has 0 saturated carbocycles. The van der Waals surface area contributed by atoms with Gasteiger partial charge in [0.1, 0.15) is 13.2 Å². The van der Waals surface area contributed by atoms with Gasteiger partial charge < -0.3 is 18.8 Å². The number of esters is 1. The molecule has 1 aromatic carbocycles. The lowest BCUT2D eigenvalue weighted by Crippen LogP contribution is -2.47. The first kappa shape index (κ1) is 35.6. The highest BCUT2D eigenvalue weighted by Crippen LogP contribution is 2.41. The number of para-hydroxylation sites is 1. The molecule has 2 aromatic heterocycles. The smallest absolute Gasteiger partial charge is 0.457 e. The van der Waals surface area contributed by atoms with Crippen LogP contribution in [-0.4, -0.2) is 28.3 Å². The fourth-order valence-corrected chi connectivity index (χ4v) is 6.49. The standard InChI is InChI=1S/C41H48N2O6/c1-7-41(49-40(46)47-22-21-30(6)18-12-17-29(5)16-11-15-28(4)14-10-13-27(2)3)34-24-36-37-32(23-31-19-8-9-20-35(31)42-37)25-43(36)38(44)33(34)26-48-39(41)45/h8-9,13,15,17,19-21,23-24H,7,10-12,14,16,18,22,25-26H2,1-6H3/b28-15+,29-17+,30-21+/t41-/m0/s1. The van der Waals surface area contributed by atoms with E-state index in [1.165, 1.54) is 16.7 Å². The van der Waals surface area contributed by atoms with Gasteiger partial charge in [-0.15, -0.1) is 0 Å². The first-order chi connectivity index (χ1) is 23.5. The molecule has 8 nitrogen and oxygen atoms in total. The van der Waals surface area contributed by atoms with E-state index in [4.69, 9.17) is 19.2 Å². The van der Waals surface area contributed by atoms with Crippen LogP contribution in [0.4, 0.5) is 4.79 Å². The van der Waals surface area contributed by atoms with Crippen LogP contribution in [-0.2, 0) is 37.8 Å². The first-order valence-corrected chi connectivity index (χ1v) is 17.3. The predicted molar refractivity (Wildman–Crippen MR) is 193 cm³/mol. The van der Waals surface area contributed by atoms with Gasteiger partial charge in [0.2, 0.25) is 5.60 Å². The van der Waals surface area contributed by atoms with Gasteiger partial charge in [-0.25, -0.2) is 14.6 Å². The largest absolute Gasteiger partial charge is 0.510 e. The van der Waals surface area contributed by atoms with Gasteiger partial charge in [-0.05, 0) is 104 Å². The first-order valence-electron chi connectivity index (χ1n) is 17.3. The highest BCUT2D eigenvalue weighted by molar-refractivity contribution is 5.87. The van der Waals surface area contributed by atoms with Gasteiger partial charge in [-0.1, -0.05) is 65.6 Å². The average molecular weight is 665 g/mol. The minimum atomic E-state index is -1.81. The molecule has 3 aromatic rings. The van der Waals surface area contributed by atoms with Crippen molar-refractivity contribution in [3.63, 3.8) is 0 Å². The van der Waals surface area contributed by atoms with E-state index in [2.05, 4.69) is 45.9 Å². The zero-order valence-electron chi connectivity index (χ0n) is 29.7. The summed E-state index contributed by atoms with van der Waals surface area (Å²) in [6.07, 6.45) is 13.8. The Morgan fingerprint density at radius 2 is 1.57 bits per heavy atom. The zero-order valence-corrected chi connectivity index (χ0v) is 29.7. The second kappa shape index (κ2) is 15.7. The number of carbonyl (C=O) groups is 2. The summed E-state index contributed by atoms with van der Waals surface area (Å²) in [7, 11) is 0. The third-order valence-electron chi connectivity index (χ3n) is 9.43. The van der Waals surface area contributed by atoms with E-state index in [1.807, 2.05) is 43.3 Å². The molecule has 0 amide bonds. The van der Waals surface area contributed by atoms with Crippen molar-refractivity contribution in [3.8, 4) is 11.4 Å². The molecular weight excluding hydrogens is 616 g/mol. The van der Waals surface area contributed by atoms with E-state index in [-0.39, 0.29) is 25.2 Å². The van der Waals surface area contributed by atoms with Crippen molar-refractivity contribution in [2.24, 2.45) is 0 Å². The number of cyclic esters (lactones) is 1. The summed E-state index contributed by atoms with van der Waals surface area (Å²) in [5.41, 5.74) is 6.74. The van der Waals surface area contributed by atoms with Crippen molar-refractivity contribution < 1.29 is 23.8 Å². The van der Waals surface area contributed by atoms with Crippen molar-refractivity contribution in [2.45, 2.75) is 105 Å². The fourth-order valence-electron chi connectivity index (χ4n) is 6.49. The van der Waals surface area contributed by atoms with Crippen LogP contribution in [0.1, 0.15) is 103 Å². The van der Waals surface area contributed by atoms with Gasteiger partial charge in [0.15, 0.2) is 0 Å². The summed E-state index contributed by atoms with van der Waals surface area (Å²) in [5.74, 6) is -0.725. The molecule has 2 aliphatic heterocycles. The van der Waals surface area contributed by atoms with Gasteiger partial charge in [0, 0.05) is 16.5 Å². The van der Waals surface area contributed by atoms with E-state index >= 15 is 0 Å². The van der Waals surface area contributed by atoms with Gasteiger partial charge >= 0.3 is 12.1 Å². The number of hydrogen-bond acceptors (Lipinski definition) is 7. The van der Waals surface area contributed by atoms with Gasteiger partial charge in [-0.3, -0.25) is 4.79 Å². The van der Waals surface area contributed by atoms with E-state index < -0.39 is 17.7 Å². The Morgan fingerprint density at radius 3 is 2.24 bits per heavy atom. The number of carbonyl (C=O) groups excluding carboxylic acids is 2. The van der Waals surface area contributed by atoms with Gasteiger partial charge in [0.25, 0.3) is 5.56 Å². The summed E-state index contributed by atoms with van der Waals surface area (Å²) in [5, 5.41) is 0.982. The number of rotatable bonds is 13. The lowest BCUT2D eigenvalue weighted by atomic mass is 9.85. The van der Waals surface area contributed by atoms with Crippen molar-refractivity contribution in [1.29, 1.82) is 0 Å². The molecule has 1 atom stereocenters. The maximum atomic E-state index is 13.7. The number of fused-ring (bicyclic) bond motifs is 5. The second-order valence-electron chi connectivity index (χ2n) is 13.5. The highest BCUT2D eigenvalue weighted by atomic mass is 16.7. The van der Waals surface area contributed by atoms with Crippen LogP contribution in [0.25, 0.3) is 22.3 Å². The summed E-state index contributed by atoms with van der Waals surface area (Å²) < 4.78 is 18.3. The Balaban J connectivity index is 1.20. The maximum Gasteiger partial charge on any atom is 0.510 e. The minimum Gasteiger partial charge on any atom is -0.457 e. The molecule has 4 heterocycles. The molecule has 5 rings (SSSR count). The lowest BCUT2D eigenvalue weighted by Gasteiger charge is -2.35. The Bertz CT molecular complexity index is 1920. The van der Waals surface area contributed by atoms with Gasteiger partial charge in [0.05, 0.1) is 29.0 Å². The fraction of sp³-hybridized carbons (Fsp3) is 0.415. The molecule has 0 radical (unpaired) electrons. The average Bonchev–Trinajstić information content (AvgIpc) is 3.42. The minimum absolute atomic E-state index is 0.00307. The van der Waals surface area contributed by atoms with Crippen LogP contribution in [0.15, 0.2) is 87.8 Å². The van der Waals surface area contributed by atoms with Crippen molar-refractivity contribution in [1.82, 2.24) is 9.55 Å². The number of nitrogens with zero attached hydrogens (tertiary/aromatic N) is 2. The van der Waals surface area contributed by atoms with Crippen molar-refractivity contribution in [2.75, 3.05) is 6.61 Å². The quantitative estimate of drug-likeness (QED) is 0.104. The Labute approximate surface area is 289 Å². The third-order valence-corrected chi connectivity index (χ3v) is 9.43. The van der Waals surface area contributed by atoms with E-state index in [0.29, 0.717) is 29.1 Å². The zero-order chi connectivity index (χ0) is 35.1. The van der Waals surface area contributed by atoms with Gasteiger partial charge in [-0.2, -0.15) is 0 Å². The Morgan fingerprint density at radius 1 is 0.918 bits per heavy atom. The van der Waals surface area contributed by atoms with Crippen molar-refractivity contribution in [3.05, 3.63) is 110 Å². The molecule has 0 saturated heterocycles. The summed E-state index contributed by atoms with van der Waals surface area (Å²) in [6, 6.07) is 11.6. The lowest BCUT2D eigenvalue weighted by molar-refractivity contribution is -0.175. The monoisotopic (exact) mass is 664 g/mol. The van der Waals surface area contributed by atoms with E-state index in [0.717, 1.165) is 60.6 Å². The Kier molecular flexibility index (Phi) is 11.4. The topological polar surface area (TPSA) is 96.7 Å². The molecule has 2 aliphatic rings. The van der Waals surface area contributed by atoms with Crippen LogP contribution in [0.5, 0.6) is 0 Å². The van der Waals surface area contributed by atoms with Crippen LogP contribution in [0.2, 0.25) is 0 Å². The molecule has 0 spiro atoms. The molecule has 49 heavy (non-hydrogen) atoms. The van der Waals surface area contributed by atoms with Crippen LogP contribution < -0.4 is 5.56 Å².